The lowest BCUT2D eigenvalue weighted by Gasteiger charge is -2.25. The van der Waals surface area contributed by atoms with Gasteiger partial charge >= 0.3 is 0 Å². The monoisotopic (exact) mass is 289 g/mol. The Balaban J connectivity index is 1.76. The van der Waals surface area contributed by atoms with Crippen molar-refractivity contribution in [3.63, 3.8) is 0 Å². The normalized spacial score (nSPS) is 20.6. The van der Waals surface area contributed by atoms with Crippen molar-refractivity contribution in [2.45, 2.75) is 51.0 Å². The molecule has 1 heterocycles. The minimum Gasteiger partial charge on any atom is -0.493 e. The lowest BCUT2D eigenvalue weighted by Crippen LogP contribution is -2.28. The summed E-state index contributed by atoms with van der Waals surface area (Å²) in [5.41, 5.74) is 1.33. The van der Waals surface area contributed by atoms with Crippen LogP contribution in [0.4, 0.5) is 0 Å². The van der Waals surface area contributed by atoms with Crippen molar-refractivity contribution in [1.29, 1.82) is 0 Å². The minimum atomic E-state index is 0.382. The Bertz CT molecular complexity index is 449. The number of benzene rings is 1. The van der Waals surface area contributed by atoms with E-state index in [1.54, 1.807) is 7.11 Å². The fourth-order valence-corrected chi connectivity index (χ4v) is 3.59. The van der Waals surface area contributed by atoms with Crippen LogP contribution >= 0.6 is 0 Å². The number of hydrogen-bond donors (Lipinski definition) is 1. The van der Waals surface area contributed by atoms with Gasteiger partial charge in [0.15, 0.2) is 11.5 Å². The zero-order valence-electron chi connectivity index (χ0n) is 13.1. The molecule has 1 saturated carbocycles. The second kappa shape index (κ2) is 7.17. The number of ether oxygens (including phenoxy) is 2. The maximum absolute atomic E-state index is 6.33. The number of rotatable bonds is 5. The topological polar surface area (TPSA) is 30.5 Å². The van der Waals surface area contributed by atoms with E-state index < -0.39 is 0 Å². The molecule has 0 amide bonds. The molecule has 1 aliphatic carbocycles. The van der Waals surface area contributed by atoms with E-state index in [4.69, 9.17) is 9.47 Å². The van der Waals surface area contributed by atoms with Crippen LogP contribution in [-0.2, 0) is 6.42 Å². The Morgan fingerprint density at radius 1 is 1.10 bits per heavy atom. The molecule has 0 aromatic heterocycles. The van der Waals surface area contributed by atoms with Crippen molar-refractivity contribution in [2.75, 3.05) is 20.2 Å². The minimum absolute atomic E-state index is 0.382. The first-order chi connectivity index (χ1) is 10.4. The van der Waals surface area contributed by atoms with Crippen LogP contribution < -0.4 is 14.8 Å². The molecule has 1 saturated heterocycles. The Labute approximate surface area is 128 Å². The summed E-state index contributed by atoms with van der Waals surface area (Å²) in [6, 6.07) is 6.34. The second-order valence-electron chi connectivity index (χ2n) is 6.37. The van der Waals surface area contributed by atoms with Crippen LogP contribution in [0.2, 0.25) is 0 Å². The van der Waals surface area contributed by atoms with Gasteiger partial charge < -0.3 is 14.8 Å². The summed E-state index contributed by atoms with van der Waals surface area (Å²) in [7, 11) is 1.74. The third-order valence-corrected chi connectivity index (χ3v) is 4.83. The molecule has 2 aliphatic rings. The van der Waals surface area contributed by atoms with Gasteiger partial charge in [0.05, 0.1) is 13.2 Å². The predicted octanol–water partition coefficient (Wildman–Crippen LogP) is 3.56. The summed E-state index contributed by atoms with van der Waals surface area (Å²) in [6.07, 6.45) is 8.98. The lowest BCUT2D eigenvalue weighted by atomic mass is 9.90. The van der Waals surface area contributed by atoms with E-state index in [0.29, 0.717) is 6.10 Å². The number of nitrogens with one attached hydrogen (secondary N) is 1. The average Bonchev–Trinajstić information content (AvgIpc) is 3.03. The van der Waals surface area contributed by atoms with Crippen molar-refractivity contribution in [3.8, 4) is 11.5 Å². The molecule has 1 aromatic carbocycles. The van der Waals surface area contributed by atoms with Gasteiger partial charge in [-0.1, -0.05) is 12.1 Å². The Kier molecular flexibility index (Phi) is 5.02. The van der Waals surface area contributed by atoms with Gasteiger partial charge in [-0.3, -0.25) is 0 Å². The molecular formula is C18H27NO2. The van der Waals surface area contributed by atoms with Crippen molar-refractivity contribution >= 4 is 0 Å². The second-order valence-corrected chi connectivity index (χ2v) is 6.37. The van der Waals surface area contributed by atoms with Gasteiger partial charge in [-0.2, -0.15) is 0 Å². The highest BCUT2D eigenvalue weighted by atomic mass is 16.5. The van der Waals surface area contributed by atoms with Gasteiger partial charge in [0.2, 0.25) is 0 Å². The number of para-hydroxylation sites is 1. The van der Waals surface area contributed by atoms with Gasteiger partial charge in [-0.25, -0.2) is 0 Å². The van der Waals surface area contributed by atoms with Crippen LogP contribution in [0.5, 0.6) is 11.5 Å². The summed E-state index contributed by atoms with van der Waals surface area (Å²) in [6.45, 7) is 2.29. The van der Waals surface area contributed by atoms with Crippen molar-refractivity contribution in [1.82, 2.24) is 5.32 Å². The molecule has 0 atom stereocenters. The molecule has 0 unspecified atom stereocenters. The zero-order valence-corrected chi connectivity index (χ0v) is 13.1. The molecule has 116 valence electrons. The first-order valence-electron chi connectivity index (χ1n) is 8.40. The van der Waals surface area contributed by atoms with E-state index in [-0.39, 0.29) is 0 Å². The summed E-state index contributed by atoms with van der Waals surface area (Å²) >= 11 is 0. The SMILES string of the molecule is COc1cccc(CC2CCNCC2)c1OC1CCCC1. The van der Waals surface area contributed by atoms with Gasteiger partial charge in [-0.15, -0.1) is 0 Å². The highest BCUT2D eigenvalue weighted by Crippen LogP contribution is 2.36. The van der Waals surface area contributed by atoms with Gasteiger partial charge in [0, 0.05) is 0 Å². The summed E-state index contributed by atoms with van der Waals surface area (Å²) in [4.78, 5) is 0. The van der Waals surface area contributed by atoms with Gasteiger partial charge in [-0.05, 0) is 75.6 Å². The predicted molar refractivity (Wildman–Crippen MR) is 85.2 cm³/mol. The van der Waals surface area contributed by atoms with Gasteiger partial charge in [0.1, 0.15) is 0 Å². The van der Waals surface area contributed by atoms with Gasteiger partial charge in [0.25, 0.3) is 0 Å². The maximum Gasteiger partial charge on any atom is 0.164 e. The molecule has 3 nitrogen and oxygen atoms in total. The highest BCUT2D eigenvalue weighted by molar-refractivity contribution is 5.47. The highest BCUT2D eigenvalue weighted by Gasteiger charge is 2.22. The van der Waals surface area contributed by atoms with Crippen molar-refractivity contribution < 1.29 is 9.47 Å². The van der Waals surface area contributed by atoms with E-state index >= 15 is 0 Å². The van der Waals surface area contributed by atoms with Crippen LogP contribution in [0, 0.1) is 5.92 Å². The molecule has 0 bridgehead atoms. The first-order valence-corrected chi connectivity index (χ1v) is 8.40. The fraction of sp³-hybridized carbons (Fsp3) is 0.667. The van der Waals surface area contributed by atoms with E-state index in [1.807, 2.05) is 6.07 Å². The Hall–Kier alpha value is -1.22. The molecule has 0 spiro atoms. The number of piperidine rings is 1. The Morgan fingerprint density at radius 2 is 1.86 bits per heavy atom. The standard InChI is InChI=1S/C18H27NO2/c1-20-17-8-4-5-15(13-14-9-11-19-12-10-14)18(17)21-16-6-2-3-7-16/h4-5,8,14,16,19H,2-3,6-7,9-13H2,1H3. The number of hydrogen-bond acceptors (Lipinski definition) is 3. The van der Waals surface area contributed by atoms with E-state index in [2.05, 4.69) is 17.4 Å². The van der Waals surface area contributed by atoms with Crippen LogP contribution in [0.25, 0.3) is 0 Å². The number of methoxy groups -OCH3 is 1. The smallest absolute Gasteiger partial charge is 0.164 e. The van der Waals surface area contributed by atoms with Crippen LogP contribution in [-0.4, -0.2) is 26.3 Å². The quantitative estimate of drug-likeness (QED) is 0.899. The zero-order chi connectivity index (χ0) is 14.5. The fourth-order valence-electron chi connectivity index (χ4n) is 3.59. The molecule has 3 rings (SSSR count). The largest absolute Gasteiger partial charge is 0.493 e. The van der Waals surface area contributed by atoms with Crippen LogP contribution in [0.15, 0.2) is 18.2 Å². The maximum atomic E-state index is 6.33. The third kappa shape index (κ3) is 3.70. The molecule has 1 N–H and O–H groups in total. The van der Waals surface area contributed by atoms with Crippen molar-refractivity contribution in [2.24, 2.45) is 5.92 Å². The molecule has 3 heteroatoms. The third-order valence-electron chi connectivity index (χ3n) is 4.83. The molecule has 1 aromatic rings. The van der Waals surface area contributed by atoms with Crippen LogP contribution in [0.1, 0.15) is 44.1 Å². The van der Waals surface area contributed by atoms with Crippen molar-refractivity contribution in [3.05, 3.63) is 23.8 Å². The molecule has 1 aliphatic heterocycles. The van der Waals surface area contributed by atoms with Crippen LogP contribution in [0.3, 0.4) is 0 Å². The van der Waals surface area contributed by atoms with E-state index in [1.165, 1.54) is 44.1 Å². The van der Waals surface area contributed by atoms with E-state index in [0.717, 1.165) is 36.9 Å². The molecular weight excluding hydrogens is 262 g/mol. The molecule has 0 radical (unpaired) electrons. The first kappa shape index (κ1) is 14.7. The summed E-state index contributed by atoms with van der Waals surface area (Å²) in [5.74, 6) is 2.67. The average molecular weight is 289 g/mol. The summed E-state index contributed by atoms with van der Waals surface area (Å²) < 4.78 is 11.9. The summed E-state index contributed by atoms with van der Waals surface area (Å²) in [5, 5.41) is 3.44. The molecule has 21 heavy (non-hydrogen) atoms. The Morgan fingerprint density at radius 3 is 2.57 bits per heavy atom. The van der Waals surface area contributed by atoms with E-state index in [9.17, 15) is 0 Å². The molecule has 2 fully saturated rings. The lowest BCUT2D eigenvalue weighted by molar-refractivity contribution is 0.197.